The Morgan fingerprint density at radius 3 is 2.41 bits per heavy atom. The third kappa shape index (κ3) is 6.54. The molecule has 0 unspecified atom stereocenters. The van der Waals surface area contributed by atoms with Crippen LogP contribution in [0, 0.1) is 6.92 Å². The van der Waals surface area contributed by atoms with E-state index in [1.165, 1.54) is 0 Å². The molecular formula is C30H35NO6. The minimum Gasteiger partial charge on any atom is -0.496 e. The van der Waals surface area contributed by atoms with E-state index in [4.69, 9.17) is 23.7 Å². The van der Waals surface area contributed by atoms with E-state index in [9.17, 15) is 4.79 Å². The molecule has 0 atom stereocenters. The fourth-order valence-corrected chi connectivity index (χ4v) is 4.42. The Bertz CT molecular complexity index is 1210. The molecule has 1 N–H and O–H groups in total. The number of benzene rings is 3. The lowest BCUT2D eigenvalue weighted by Gasteiger charge is -2.20. The Labute approximate surface area is 218 Å². The highest BCUT2D eigenvalue weighted by molar-refractivity contribution is 5.75. The molecule has 0 saturated heterocycles. The summed E-state index contributed by atoms with van der Waals surface area (Å²) in [4.78, 5) is 11.2. The van der Waals surface area contributed by atoms with E-state index >= 15 is 0 Å². The van der Waals surface area contributed by atoms with Crippen LogP contribution in [0.1, 0.15) is 36.5 Å². The van der Waals surface area contributed by atoms with E-state index in [0.717, 1.165) is 52.3 Å². The second-order valence-corrected chi connectivity index (χ2v) is 9.03. The van der Waals surface area contributed by atoms with Crippen molar-refractivity contribution >= 4 is 5.78 Å². The van der Waals surface area contributed by atoms with Crippen LogP contribution in [0.5, 0.6) is 28.7 Å². The molecule has 3 aromatic carbocycles. The van der Waals surface area contributed by atoms with Gasteiger partial charge in [-0.3, -0.25) is 0 Å². The first-order valence-corrected chi connectivity index (χ1v) is 12.6. The van der Waals surface area contributed by atoms with Gasteiger partial charge >= 0.3 is 0 Å². The van der Waals surface area contributed by atoms with Gasteiger partial charge in [0.25, 0.3) is 0 Å². The highest BCUT2D eigenvalue weighted by Gasteiger charge is 2.16. The van der Waals surface area contributed by atoms with Gasteiger partial charge in [0.05, 0.1) is 19.8 Å². The first-order chi connectivity index (χ1) is 18.0. The predicted molar refractivity (Wildman–Crippen MR) is 143 cm³/mol. The second-order valence-electron chi connectivity index (χ2n) is 9.03. The Kier molecular flexibility index (Phi) is 8.90. The normalized spacial score (nSPS) is 12.2. The Hall–Kier alpha value is -3.71. The Morgan fingerprint density at radius 2 is 1.70 bits per heavy atom. The van der Waals surface area contributed by atoms with Gasteiger partial charge < -0.3 is 33.8 Å². The first kappa shape index (κ1) is 26.4. The smallest absolute Gasteiger partial charge is 0.161 e. The molecule has 0 fully saturated rings. The Morgan fingerprint density at radius 1 is 0.973 bits per heavy atom. The van der Waals surface area contributed by atoms with E-state index in [1.54, 1.807) is 21.1 Å². The fraction of sp³-hybridized carbons (Fsp3) is 0.367. The van der Waals surface area contributed by atoms with E-state index in [2.05, 4.69) is 30.4 Å². The molecule has 3 aromatic rings. The number of ketones is 1. The summed E-state index contributed by atoms with van der Waals surface area (Å²) in [6, 6.07) is 16.0. The van der Waals surface area contributed by atoms with Gasteiger partial charge in [-0.05, 0) is 61.2 Å². The molecule has 7 heteroatoms. The van der Waals surface area contributed by atoms with Crippen LogP contribution in [-0.2, 0) is 17.9 Å². The highest BCUT2D eigenvalue weighted by Crippen LogP contribution is 2.37. The standard InChI is InChI=1S/C30H35NO6/c1-20(32)7-6-12-31-18-26-28(33-3)16-24(17-29(26)34-4)37-19-23-8-5-9-25(21(23)2)22-10-11-27-30(15-22)36-14-13-35-27/h5,8-11,15-17,31H,6-7,12-14,18-19H2,1-4H3. The zero-order chi connectivity index (χ0) is 26.2. The molecule has 0 aliphatic carbocycles. The fourth-order valence-electron chi connectivity index (χ4n) is 4.42. The largest absolute Gasteiger partial charge is 0.496 e. The maximum atomic E-state index is 11.2. The second kappa shape index (κ2) is 12.5. The summed E-state index contributed by atoms with van der Waals surface area (Å²) in [5.74, 6) is 3.80. The molecule has 0 saturated carbocycles. The van der Waals surface area contributed by atoms with Crippen molar-refractivity contribution in [2.45, 2.75) is 39.8 Å². The van der Waals surface area contributed by atoms with E-state index in [1.807, 2.05) is 30.3 Å². The van der Waals surface area contributed by atoms with Gasteiger partial charge in [-0.2, -0.15) is 0 Å². The van der Waals surface area contributed by atoms with Crippen LogP contribution < -0.4 is 29.0 Å². The lowest BCUT2D eigenvalue weighted by molar-refractivity contribution is -0.117. The minimum absolute atomic E-state index is 0.200. The molecule has 196 valence electrons. The topological polar surface area (TPSA) is 75.2 Å². The molecule has 0 amide bonds. The van der Waals surface area contributed by atoms with E-state index in [-0.39, 0.29) is 5.78 Å². The van der Waals surface area contributed by atoms with Gasteiger partial charge in [0, 0.05) is 25.1 Å². The number of methoxy groups -OCH3 is 2. The Balaban J connectivity index is 1.47. The number of hydrogen-bond donors (Lipinski definition) is 1. The van der Waals surface area contributed by atoms with Crippen molar-refractivity contribution in [2.75, 3.05) is 34.0 Å². The third-order valence-corrected chi connectivity index (χ3v) is 6.46. The summed E-state index contributed by atoms with van der Waals surface area (Å²) in [5.41, 5.74) is 5.34. The molecule has 0 radical (unpaired) electrons. The number of carbonyl (C=O) groups is 1. The summed E-state index contributed by atoms with van der Waals surface area (Å²) in [6.07, 6.45) is 1.37. The van der Waals surface area contributed by atoms with Crippen molar-refractivity contribution in [3.05, 3.63) is 65.2 Å². The van der Waals surface area contributed by atoms with Gasteiger partial charge in [-0.1, -0.05) is 24.3 Å². The summed E-state index contributed by atoms with van der Waals surface area (Å²) in [7, 11) is 3.28. The van der Waals surface area contributed by atoms with Gasteiger partial charge in [-0.15, -0.1) is 0 Å². The number of carbonyl (C=O) groups excluding carboxylic acids is 1. The molecule has 37 heavy (non-hydrogen) atoms. The molecule has 1 heterocycles. The summed E-state index contributed by atoms with van der Waals surface area (Å²) >= 11 is 0. The lowest BCUT2D eigenvalue weighted by atomic mass is 9.96. The summed E-state index contributed by atoms with van der Waals surface area (Å²) in [6.45, 7) is 6.56. The van der Waals surface area contributed by atoms with Crippen LogP contribution in [-0.4, -0.2) is 39.8 Å². The van der Waals surface area contributed by atoms with Crippen LogP contribution in [0.15, 0.2) is 48.5 Å². The summed E-state index contributed by atoms with van der Waals surface area (Å²) in [5, 5.41) is 3.36. The maximum absolute atomic E-state index is 11.2. The maximum Gasteiger partial charge on any atom is 0.161 e. The van der Waals surface area contributed by atoms with Crippen molar-refractivity contribution in [1.29, 1.82) is 0 Å². The molecule has 1 aliphatic rings. The monoisotopic (exact) mass is 505 g/mol. The first-order valence-electron chi connectivity index (χ1n) is 12.6. The molecule has 0 bridgehead atoms. The van der Waals surface area contributed by atoms with Gasteiger partial charge in [0.2, 0.25) is 0 Å². The van der Waals surface area contributed by atoms with Gasteiger partial charge in [0.1, 0.15) is 42.9 Å². The quantitative estimate of drug-likeness (QED) is 0.326. The third-order valence-electron chi connectivity index (χ3n) is 6.46. The van der Waals surface area contributed by atoms with E-state index in [0.29, 0.717) is 50.0 Å². The van der Waals surface area contributed by atoms with E-state index < -0.39 is 0 Å². The number of ether oxygens (including phenoxy) is 5. The van der Waals surface area contributed by atoms with Crippen LogP contribution in [0.2, 0.25) is 0 Å². The molecule has 4 rings (SSSR count). The number of rotatable bonds is 12. The van der Waals surface area contributed by atoms with Crippen molar-refractivity contribution in [2.24, 2.45) is 0 Å². The molecule has 0 spiro atoms. The summed E-state index contributed by atoms with van der Waals surface area (Å²) < 4.78 is 28.9. The molecule has 7 nitrogen and oxygen atoms in total. The van der Waals surface area contributed by atoms with Crippen LogP contribution in [0.25, 0.3) is 11.1 Å². The molecule has 1 aliphatic heterocycles. The lowest BCUT2D eigenvalue weighted by Crippen LogP contribution is -2.16. The number of nitrogens with one attached hydrogen (secondary N) is 1. The van der Waals surface area contributed by atoms with Crippen molar-refractivity contribution in [3.63, 3.8) is 0 Å². The van der Waals surface area contributed by atoms with Crippen LogP contribution in [0.3, 0.4) is 0 Å². The van der Waals surface area contributed by atoms with Gasteiger partial charge in [0.15, 0.2) is 11.5 Å². The number of fused-ring (bicyclic) bond motifs is 1. The number of Topliss-reactive ketones (excluding diaryl/α,β-unsaturated/α-hetero) is 1. The molecule has 0 aromatic heterocycles. The van der Waals surface area contributed by atoms with Crippen molar-refractivity contribution in [1.82, 2.24) is 5.32 Å². The predicted octanol–water partition coefficient (Wildman–Crippen LogP) is 5.49. The van der Waals surface area contributed by atoms with Crippen LogP contribution in [0.4, 0.5) is 0 Å². The van der Waals surface area contributed by atoms with Crippen molar-refractivity contribution in [3.8, 4) is 39.9 Å². The average Bonchev–Trinajstić information content (AvgIpc) is 2.91. The average molecular weight is 506 g/mol. The SMILES string of the molecule is COc1cc(OCc2cccc(-c3ccc4c(c3)OCCO4)c2C)cc(OC)c1CNCCCC(C)=O. The minimum atomic E-state index is 0.200. The zero-order valence-corrected chi connectivity index (χ0v) is 22.0. The zero-order valence-electron chi connectivity index (χ0n) is 22.0. The highest BCUT2D eigenvalue weighted by atomic mass is 16.6. The molecular weight excluding hydrogens is 470 g/mol. The number of hydrogen-bond acceptors (Lipinski definition) is 7. The van der Waals surface area contributed by atoms with Crippen LogP contribution >= 0.6 is 0 Å². The van der Waals surface area contributed by atoms with Gasteiger partial charge in [-0.25, -0.2) is 0 Å². The van der Waals surface area contributed by atoms with Crippen molar-refractivity contribution < 1.29 is 28.5 Å².